The summed E-state index contributed by atoms with van der Waals surface area (Å²) in [6.45, 7) is 0. The largest absolute Gasteiger partial charge is 0.322 e. The van der Waals surface area contributed by atoms with Crippen molar-refractivity contribution in [2.75, 3.05) is 5.32 Å². The summed E-state index contributed by atoms with van der Waals surface area (Å²) in [7, 11) is 0. The molecule has 19 heavy (non-hydrogen) atoms. The molecule has 0 heterocycles. The van der Waals surface area contributed by atoms with E-state index in [-0.39, 0.29) is 11.3 Å². The van der Waals surface area contributed by atoms with E-state index in [1.54, 1.807) is 24.3 Å². The van der Waals surface area contributed by atoms with Gasteiger partial charge in [0.25, 0.3) is 11.6 Å². The summed E-state index contributed by atoms with van der Waals surface area (Å²) >= 11 is 3.29. The van der Waals surface area contributed by atoms with E-state index in [4.69, 9.17) is 0 Å². The van der Waals surface area contributed by atoms with E-state index in [0.717, 1.165) is 4.47 Å². The number of hydrogen-bond donors (Lipinski definition) is 1. The van der Waals surface area contributed by atoms with Gasteiger partial charge in [-0.2, -0.15) is 0 Å². The van der Waals surface area contributed by atoms with Gasteiger partial charge in [0.2, 0.25) is 0 Å². The molecule has 1 amide bonds. The van der Waals surface area contributed by atoms with Crippen molar-refractivity contribution in [1.29, 1.82) is 0 Å². The van der Waals surface area contributed by atoms with Crippen LogP contribution in [0, 0.1) is 10.1 Å². The molecule has 0 aliphatic rings. The number of hydrogen-bond acceptors (Lipinski definition) is 3. The van der Waals surface area contributed by atoms with Crippen LogP contribution < -0.4 is 5.32 Å². The van der Waals surface area contributed by atoms with E-state index in [1.807, 2.05) is 6.07 Å². The van der Waals surface area contributed by atoms with Crippen LogP contribution in [0.3, 0.4) is 0 Å². The van der Waals surface area contributed by atoms with Gasteiger partial charge in [0, 0.05) is 16.2 Å². The van der Waals surface area contributed by atoms with Crippen molar-refractivity contribution in [3.05, 3.63) is 68.7 Å². The molecule has 0 unspecified atom stereocenters. The second-order valence-electron chi connectivity index (χ2n) is 3.74. The van der Waals surface area contributed by atoms with E-state index in [9.17, 15) is 14.9 Å². The molecule has 0 spiro atoms. The number of rotatable bonds is 3. The molecule has 0 saturated carbocycles. The summed E-state index contributed by atoms with van der Waals surface area (Å²) in [5, 5.41) is 13.5. The maximum Gasteiger partial charge on any atom is 0.282 e. The summed E-state index contributed by atoms with van der Waals surface area (Å²) in [5.41, 5.74) is 0.389. The minimum atomic E-state index is -0.574. The Morgan fingerprint density at radius 1 is 1.16 bits per heavy atom. The lowest BCUT2D eigenvalue weighted by Gasteiger charge is -2.06. The third-order valence-corrected chi connectivity index (χ3v) is 2.92. The van der Waals surface area contributed by atoms with Gasteiger partial charge in [-0.3, -0.25) is 14.9 Å². The van der Waals surface area contributed by atoms with Crippen LogP contribution in [0.4, 0.5) is 11.4 Å². The monoisotopic (exact) mass is 320 g/mol. The fraction of sp³-hybridized carbons (Fsp3) is 0. The first-order valence-corrected chi connectivity index (χ1v) is 6.17. The van der Waals surface area contributed by atoms with Gasteiger partial charge < -0.3 is 5.32 Å². The van der Waals surface area contributed by atoms with Crippen molar-refractivity contribution in [2.24, 2.45) is 0 Å². The Morgan fingerprint density at radius 3 is 2.58 bits per heavy atom. The molecule has 0 aliphatic heterocycles. The average molecular weight is 321 g/mol. The van der Waals surface area contributed by atoms with E-state index in [0.29, 0.717) is 5.69 Å². The standard InChI is InChI=1S/C13H9BrN2O3/c14-9-4-3-5-10(8-9)15-13(17)11-6-1-2-7-12(11)16(18)19/h1-8H,(H,15,17). The Labute approximate surface area is 117 Å². The van der Waals surface area contributed by atoms with E-state index in [1.165, 1.54) is 18.2 Å². The van der Waals surface area contributed by atoms with Gasteiger partial charge in [-0.25, -0.2) is 0 Å². The predicted molar refractivity (Wildman–Crippen MR) is 75.2 cm³/mol. The number of carbonyl (C=O) groups excluding carboxylic acids is 1. The van der Waals surface area contributed by atoms with E-state index in [2.05, 4.69) is 21.2 Å². The van der Waals surface area contributed by atoms with Gasteiger partial charge in [0.05, 0.1) is 4.92 Å². The van der Waals surface area contributed by atoms with Crippen molar-refractivity contribution in [1.82, 2.24) is 0 Å². The zero-order chi connectivity index (χ0) is 13.8. The lowest BCUT2D eigenvalue weighted by atomic mass is 10.1. The normalized spacial score (nSPS) is 9.95. The Morgan fingerprint density at radius 2 is 1.89 bits per heavy atom. The van der Waals surface area contributed by atoms with Crippen molar-refractivity contribution in [2.45, 2.75) is 0 Å². The summed E-state index contributed by atoms with van der Waals surface area (Å²) < 4.78 is 0.813. The van der Waals surface area contributed by atoms with Crippen molar-refractivity contribution in [3.63, 3.8) is 0 Å². The Bertz CT molecular complexity index is 643. The molecule has 0 bridgehead atoms. The number of halogens is 1. The first-order chi connectivity index (χ1) is 9.08. The van der Waals surface area contributed by atoms with Gasteiger partial charge in [0.15, 0.2) is 0 Å². The number of carbonyl (C=O) groups is 1. The van der Waals surface area contributed by atoms with Crippen LogP contribution in [-0.2, 0) is 0 Å². The Balaban J connectivity index is 2.28. The van der Waals surface area contributed by atoms with Crippen molar-refractivity contribution < 1.29 is 9.72 Å². The van der Waals surface area contributed by atoms with Gasteiger partial charge in [-0.1, -0.05) is 34.1 Å². The van der Waals surface area contributed by atoms with Crippen LogP contribution in [0.2, 0.25) is 0 Å². The molecular formula is C13H9BrN2O3. The second-order valence-corrected chi connectivity index (χ2v) is 4.65. The highest BCUT2D eigenvalue weighted by molar-refractivity contribution is 9.10. The highest BCUT2D eigenvalue weighted by atomic mass is 79.9. The molecule has 2 aromatic rings. The Hall–Kier alpha value is -2.21. The smallest absolute Gasteiger partial charge is 0.282 e. The molecule has 5 nitrogen and oxygen atoms in total. The lowest BCUT2D eigenvalue weighted by Crippen LogP contribution is -2.13. The van der Waals surface area contributed by atoms with Crippen LogP contribution in [0.25, 0.3) is 0 Å². The third-order valence-electron chi connectivity index (χ3n) is 2.43. The quantitative estimate of drug-likeness (QED) is 0.693. The maximum atomic E-state index is 12.0. The maximum absolute atomic E-state index is 12.0. The molecule has 2 aromatic carbocycles. The summed E-state index contributed by atoms with van der Waals surface area (Å²) in [6.07, 6.45) is 0. The third kappa shape index (κ3) is 3.17. The minimum absolute atomic E-state index is 0.0347. The molecule has 96 valence electrons. The van der Waals surface area contributed by atoms with Crippen LogP contribution in [0.15, 0.2) is 53.0 Å². The number of para-hydroxylation sites is 1. The average Bonchev–Trinajstić information content (AvgIpc) is 2.38. The molecule has 0 aliphatic carbocycles. The van der Waals surface area contributed by atoms with Gasteiger partial charge in [0.1, 0.15) is 5.56 Å². The SMILES string of the molecule is O=C(Nc1cccc(Br)c1)c1ccccc1[N+](=O)[O-]. The number of benzene rings is 2. The number of amides is 1. The number of nitrogens with zero attached hydrogens (tertiary/aromatic N) is 1. The predicted octanol–water partition coefficient (Wildman–Crippen LogP) is 3.61. The first kappa shape index (κ1) is 13.2. The zero-order valence-electron chi connectivity index (χ0n) is 9.67. The molecule has 0 aromatic heterocycles. The van der Waals surface area contributed by atoms with Gasteiger partial charge >= 0.3 is 0 Å². The zero-order valence-corrected chi connectivity index (χ0v) is 11.3. The van der Waals surface area contributed by atoms with E-state index < -0.39 is 10.8 Å². The molecule has 0 radical (unpaired) electrons. The molecule has 0 saturated heterocycles. The highest BCUT2D eigenvalue weighted by Crippen LogP contribution is 2.20. The number of nitro groups is 1. The highest BCUT2D eigenvalue weighted by Gasteiger charge is 2.19. The van der Waals surface area contributed by atoms with E-state index >= 15 is 0 Å². The summed E-state index contributed by atoms with van der Waals surface area (Å²) in [6, 6.07) is 12.8. The number of anilines is 1. The summed E-state index contributed by atoms with van der Waals surface area (Å²) in [5.74, 6) is -0.509. The number of nitro benzene ring substituents is 1. The number of nitrogens with one attached hydrogen (secondary N) is 1. The fourth-order valence-corrected chi connectivity index (χ4v) is 1.99. The van der Waals surface area contributed by atoms with Crippen molar-refractivity contribution >= 4 is 33.2 Å². The first-order valence-electron chi connectivity index (χ1n) is 5.38. The van der Waals surface area contributed by atoms with Crippen molar-refractivity contribution in [3.8, 4) is 0 Å². The molecule has 0 atom stereocenters. The molecule has 2 rings (SSSR count). The summed E-state index contributed by atoms with van der Waals surface area (Å²) in [4.78, 5) is 22.3. The molecule has 1 N–H and O–H groups in total. The Kier molecular flexibility index (Phi) is 3.91. The molecular weight excluding hydrogens is 312 g/mol. The van der Waals surface area contributed by atoms with Crippen LogP contribution in [0.1, 0.15) is 10.4 Å². The van der Waals surface area contributed by atoms with Crippen LogP contribution in [0.5, 0.6) is 0 Å². The molecule has 6 heteroatoms. The fourth-order valence-electron chi connectivity index (χ4n) is 1.59. The van der Waals surface area contributed by atoms with Crippen LogP contribution >= 0.6 is 15.9 Å². The van der Waals surface area contributed by atoms with Gasteiger partial charge in [-0.05, 0) is 24.3 Å². The topological polar surface area (TPSA) is 72.2 Å². The van der Waals surface area contributed by atoms with Crippen LogP contribution in [-0.4, -0.2) is 10.8 Å². The second kappa shape index (κ2) is 5.62. The molecule has 0 fully saturated rings. The minimum Gasteiger partial charge on any atom is -0.322 e. The van der Waals surface area contributed by atoms with Gasteiger partial charge in [-0.15, -0.1) is 0 Å². The lowest BCUT2D eigenvalue weighted by molar-refractivity contribution is -0.385.